The Bertz CT molecular complexity index is 2000. The molecule has 1 saturated heterocycles. The topological polar surface area (TPSA) is 146 Å². The van der Waals surface area contributed by atoms with Crippen LogP contribution in [0.25, 0.3) is 10.8 Å². The van der Waals surface area contributed by atoms with Gasteiger partial charge in [0.15, 0.2) is 6.61 Å². The Kier molecular flexibility index (Phi) is 6.84. The summed E-state index contributed by atoms with van der Waals surface area (Å²) in [7, 11) is 0. The normalized spacial score (nSPS) is 28.1. The molecule has 3 N–H and O–H groups in total. The number of aromatic amines is 1. The van der Waals surface area contributed by atoms with Crippen molar-refractivity contribution in [2.45, 2.75) is 35.6 Å². The fourth-order valence-electron chi connectivity index (χ4n) is 8.37. The van der Waals surface area contributed by atoms with Gasteiger partial charge in [-0.1, -0.05) is 59.9 Å². The molecule has 4 aliphatic rings. The highest BCUT2D eigenvalue weighted by Crippen LogP contribution is 2.68. The first-order chi connectivity index (χ1) is 22.2. The number of carbonyl (C=O) groups excluding carboxylic acids is 3. The van der Waals surface area contributed by atoms with Crippen LogP contribution in [0.15, 0.2) is 76.6 Å². The number of hydrogen-bond acceptors (Lipinski definition) is 8. The molecule has 2 aliphatic heterocycles. The van der Waals surface area contributed by atoms with Gasteiger partial charge >= 0.3 is 10.8 Å². The summed E-state index contributed by atoms with van der Waals surface area (Å²) in [6.45, 7) is 1.17. The van der Waals surface area contributed by atoms with E-state index >= 15 is 0 Å². The maximum Gasteiger partial charge on any atom is 0.326 e. The third kappa shape index (κ3) is 4.41. The number of anilines is 1. The van der Waals surface area contributed by atoms with Gasteiger partial charge < -0.3 is 20.1 Å². The number of nitrogens with one attached hydrogen (secondary N) is 2. The van der Waals surface area contributed by atoms with E-state index in [4.69, 9.17) is 4.74 Å². The van der Waals surface area contributed by atoms with E-state index in [1.165, 1.54) is 6.92 Å². The maximum absolute atomic E-state index is 13.6. The lowest BCUT2D eigenvalue weighted by Crippen LogP contribution is -2.44. The number of rotatable bonds is 7. The number of likely N-dealkylation sites (tertiary alicyclic amines) is 1. The van der Waals surface area contributed by atoms with Crippen LogP contribution >= 0.6 is 23.1 Å². The van der Waals surface area contributed by atoms with E-state index in [1.807, 2.05) is 60.7 Å². The Morgan fingerprint density at radius 1 is 1.02 bits per heavy atom. The SMILES string of the molecule is CC(C(=O)O)N1C(=O)C2C3CC(C2C1=O)C1C3Sc2[nH]c(=O)sc2[C@@H]1c1cccc(OCC(=O)Nc2cccc3ccccc23)c1. The van der Waals surface area contributed by atoms with Crippen molar-refractivity contribution in [2.75, 3.05) is 11.9 Å². The molecule has 0 radical (unpaired) electrons. The molecule has 7 unspecified atom stereocenters. The Labute approximate surface area is 271 Å². The number of fused-ring (bicyclic) bond motifs is 10. The molecule has 3 fully saturated rings. The number of nitrogens with zero attached hydrogens (tertiary/aromatic N) is 1. The number of imide groups is 1. The Morgan fingerprint density at radius 3 is 2.57 bits per heavy atom. The van der Waals surface area contributed by atoms with Gasteiger partial charge in [-0.25, -0.2) is 4.79 Å². The van der Waals surface area contributed by atoms with Crippen LogP contribution in [0.5, 0.6) is 5.75 Å². The first-order valence-electron chi connectivity index (χ1n) is 15.2. The molecule has 1 aromatic heterocycles. The van der Waals surface area contributed by atoms with Crippen LogP contribution in [-0.2, 0) is 19.2 Å². The standard InChI is InChI=1S/C34H29N3O7S2/c1-15(33(41)42)37-31(39)26-20-13-21(27(26)32(37)40)28-25(20)24(29-30(45-28)36-34(43)46-29)17-8-4-9-18(12-17)44-14-23(38)35-22-11-5-7-16-6-2-3-10-19(16)22/h2-12,15,20-21,24-28H,13-14H2,1H3,(H,35,38)(H,36,43)(H,41,42)/t15?,20?,21?,24-,25?,26?,27?,28?/m1/s1. The summed E-state index contributed by atoms with van der Waals surface area (Å²) in [5, 5.41) is 15.2. The number of carboxylic acids is 1. The molecule has 8 rings (SSSR count). The van der Waals surface area contributed by atoms with Crippen LogP contribution in [0, 0.1) is 29.6 Å². The molecule has 4 aromatic rings. The van der Waals surface area contributed by atoms with Gasteiger partial charge in [0.25, 0.3) is 5.91 Å². The fourth-order valence-corrected chi connectivity index (χ4v) is 11.3. The molecule has 8 atom stereocenters. The molecular formula is C34H29N3O7S2. The predicted molar refractivity (Wildman–Crippen MR) is 172 cm³/mol. The van der Waals surface area contributed by atoms with Gasteiger partial charge in [-0.3, -0.25) is 24.1 Å². The van der Waals surface area contributed by atoms with Crippen molar-refractivity contribution in [3.63, 3.8) is 0 Å². The molecule has 3 aromatic carbocycles. The van der Waals surface area contributed by atoms with Crippen LogP contribution in [0.1, 0.15) is 29.7 Å². The van der Waals surface area contributed by atoms with E-state index in [1.54, 1.807) is 17.8 Å². The van der Waals surface area contributed by atoms with Crippen molar-refractivity contribution in [3.8, 4) is 5.75 Å². The Morgan fingerprint density at radius 2 is 1.76 bits per heavy atom. The molecular weight excluding hydrogens is 627 g/mol. The first kappa shape index (κ1) is 29.0. The number of carbonyl (C=O) groups is 4. The van der Waals surface area contributed by atoms with Gasteiger partial charge in [0, 0.05) is 27.1 Å². The van der Waals surface area contributed by atoms with Crippen molar-refractivity contribution in [1.29, 1.82) is 0 Å². The van der Waals surface area contributed by atoms with Crippen LogP contribution in [0.3, 0.4) is 0 Å². The summed E-state index contributed by atoms with van der Waals surface area (Å²) in [6, 6.07) is 19.8. The third-order valence-electron chi connectivity index (χ3n) is 10.2. The van der Waals surface area contributed by atoms with Crippen LogP contribution in [0.2, 0.25) is 0 Å². The van der Waals surface area contributed by atoms with Gasteiger partial charge in [-0.15, -0.1) is 11.8 Å². The summed E-state index contributed by atoms with van der Waals surface area (Å²) in [4.78, 5) is 69.1. The summed E-state index contributed by atoms with van der Waals surface area (Å²) in [6.07, 6.45) is 0.699. The number of carboxylic acid groups (broad SMARTS) is 1. The van der Waals surface area contributed by atoms with Crippen molar-refractivity contribution < 1.29 is 29.0 Å². The number of aliphatic carboxylic acids is 1. The van der Waals surface area contributed by atoms with Gasteiger partial charge in [-0.05, 0) is 60.2 Å². The van der Waals surface area contributed by atoms with Crippen LogP contribution < -0.4 is 14.9 Å². The number of aromatic nitrogens is 1. The highest BCUT2D eigenvalue weighted by Gasteiger charge is 2.70. The summed E-state index contributed by atoms with van der Waals surface area (Å²) in [5.41, 5.74) is 1.60. The molecule has 234 valence electrons. The van der Waals surface area contributed by atoms with Crippen molar-refractivity contribution in [1.82, 2.24) is 9.88 Å². The zero-order valence-electron chi connectivity index (χ0n) is 24.5. The quantitative estimate of drug-likeness (QED) is 0.246. The molecule has 46 heavy (non-hydrogen) atoms. The lowest BCUT2D eigenvalue weighted by molar-refractivity contribution is -0.154. The monoisotopic (exact) mass is 655 g/mol. The zero-order chi connectivity index (χ0) is 31.9. The van der Waals surface area contributed by atoms with E-state index in [2.05, 4.69) is 10.3 Å². The minimum Gasteiger partial charge on any atom is -0.484 e. The van der Waals surface area contributed by atoms with Gasteiger partial charge in [-0.2, -0.15) is 0 Å². The number of ether oxygens (including phenoxy) is 1. The van der Waals surface area contributed by atoms with Gasteiger partial charge in [0.2, 0.25) is 11.8 Å². The Balaban J connectivity index is 1.07. The molecule has 2 bridgehead atoms. The van der Waals surface area contributed by atoms with E-state index in [0.717, 1.165) is 42.5 Å². The molecule has 3 amide bonds. The summed E-state index contributed by atoms with van der Waals surface area (Å²) >= 11 is 2.73. The smallest absolute Gasteiger partial charge is 0.326 e. The minimum atomic E-state index is -1.22. The van der Waals surface area contributed by atoms with Crippen molar-refractivity contribution in [2.24, 2.45) is 29.6 Å². The van der Waals surface area contributed by atoms with E-state index < -0.39 is 35.7 Å². The molecule has 2 aliphatic carbocycles. The number of hydrogen-bond donors (Lipinski definition) is 3. The molecule has 0 spiro atoms. The highest BCUT2D eigenvalue weighted by atomic mass is 32.2. The lowest BCUT2D eigenvalue weighted by Gasteiger charge is -2.43. The Hall–Kier alpha value is -4.42. The number of thioether (sulfide) groups is 1. The molecule has 12 heteroatoms. The van der Waals surface area contributed by atoms with Gasteiger partial charge in [0.05, 0.1) is 16.9 Å². The molecule has 3 heterocycles. The zero-order valence-corrected chi connectivity index (χ0v) is 26.2. The second-order valence-corrected chi connectivity index (χ2v) is 14.7. The summed E-state index contributed by atoms with van der Waals surface area (Å²) < 4.78 is 5.97. The molecule has 2 saturated carbocycles. The number of H-pyrrole nitrogens is 1. The number of thiazole rings is 1. The molecule has 10 nitrogen and oxygen atoms in total. The first-order valence-corrected chi connectivity index (χ1v) is 16.9. The van der Waals surface area contributed by atoms with Crippen molar-refractivity contribution >= 4 is 63.2 Å². The highest BCUT2D eigenvalue weighted by molar-refractivity contribution is 8.00. The van der Waals surface area contributed by atoms with Crippen LogP contribution in [-0.4, -0.2) is 56.6 Å². The third-order valence-corrected chi connectivity index (χ3v) is 12.7. The maximum atomic E-state index is 13.6. The second kappa shape index (κ2) is 10.8. The van der Waals surface area contributed by atoms with Crippen molar-refractivity contribution in [3.05, 3.63) is 86.8 Å². The lowest BCUT2D eigenvalue weighted by atomic mass is 9.68. The van der Waals surface area contributed by atoms with E-state index in [-0.39, 0.29) is 46.3 Å². The van der Waals surface area contributed by atoms with E-state index in [0.29, 0.717) is 17.9 Å². The number of benzene rings is 3. The fraction of sp³-hybridized carbons (Fsp3) is 0.324. The average molecular weight is 656 g/mol. The predicted octanol–water partition coefficient (Wildman–Crippen LogP) is 4.55. The van der Waals surface area contributed by atoms with E-state index in [9.17, 15) is 29.1 Å². The average Bonchev–Trinajstić information content (AvgIpc) is 3.78. The van der Waals surface area contributed by atoms with Crippen LogP contribution in [0.4, 0.5) is 5.69 Å². The largest absolute Gasteiger partial charge is 0.484 e. The van der Waals surface area contributed by atoms with Gasteiger partial charge in [0.1, 0.15) is 11.8 Å². The number of amides is 3. The second-order valence-electron chi connectivity index (χ2n) is 12.5. The minimum absolute atomic E-state index is 0.0260. The summed E-state index contributed by atoms with van der Waals surface area (Å²) in [5.74, 6) is -3.44.